The van der Waals surface area contributed by atoms with E-state index in [-0.39, 0.29) is 0 Å². The Hall–Kier alpha value is -2.23. The lowest BCUT2D eigenvalue weighted by Gasteiger charge is -2.13. The summed E-state index contributed by atoms with van der Waals surface area (Å²) in [5, 5.41) is 1.59. The van der Waals surface area contributed by atoms with Crippen molar-refractivity contribution in [3.8, 4) is 17.2 Å². The van der Waals surface area contributed by atoms with Gasteiger partial charge in [0, 0.05) is 10.9 Å². The number of hydrogen-bond donors (Lipinski definition) is 0. The Morgan fingerprint density at radius 3 is 2.06 bits per heavy atom. The van der Waals surface area contributed by atoms with Crippen LogP contribution in [0.1, 0.15) is 10.4 Å². The molecule has 0 aliphatic heterocycles. The van der Waals surface area contributed by atoms with Gasteiger partial charge in [-0.3, -0.25) is 4.79 Å². The van der Waals surface area contributed by atoms with Gasteiger partial charge in [-0.15, -0.1) is 0 Å². The molecule has 0 aromatic heterocycles. The van der Waals surface area contributed by atoms with Crippen LogP contribution in [0.15, 0.2) is 24.3 Å². The van der Waals surface area contributed by atoms with Crippen LogP contribution >= 0.6 is 0 Å². The van der Waals surface area contributed by atoms with E-state index in [4.69, 9.17) is 14.2 Å². The maximum Gasteiger partial charge on any atom is 0.150 e. The van der Waals surface area contributed by atoms with Crippen LogP contribution in [0.3, 0.4) is 0 Å². The quantitative estimate of drug-likeness (QED) is 0.778. The van der Waals surface area contributed by atoms with Gasteiger partial charge in [-0.05, 0) is 24.3 Å². The first-order valence-corrected chi connectivity index (χ1v) is 5.43. The SMILES string of the molecule is COc1ccc(OC)c2c(OC)cc(C=O)cc12. The number of hydrogen-bond acceptors (Lipinski definition) is 4. The molecule has 2 aromatic rings. The third kappa shape index (κ3) is 1.86. The van der Waals surface area contributed by atoms with Crippen molar-refractivity contribution in [3.05, 3.63) is 29.8 Å². The van der Waals surface area contributed by atoms with Crippen molar-refractivity contribution < 1.29 is 19.0 Å². The van der Waals surface area contributed by atoms with E-state index < -0.39 is 0 Å². The summed E-state index contributed by atoms with van der Waals surface area (Å²) in [6, 6.07) is 7.04. The highest BCUT2D eigenvalue weighted by molar-refractivity contribution is 6.01. The highest BCUT2D eigenvalue weighted by Crippen LogP contribution is 2.39. The Balaban J connectivity index is 2.90. The van der Waals surface area contributed by atoms with Gasteiger partial charge in [0.1, 0.15) is 23.5 Å². The number of benzene rings is 2. The second-order valence-corrected chi connectivity index (χ2v) is 3.73. The normalized spacial score (nSPS) is 10.2. The van der Waals surface area contributed by atoms with Crippen molar-refractivity contribution in [1.29, 1.82) is 0 Å². The number of ether oxygens (including phenoxy) is 3. The predicted molar refractivity (Wildman–Crippen MR) is 69.0 cm³/mol. The molecule has 0 saturated heterocycles. The Morgan fingerprint density at radius 1 is 0.889 bits per heavy atom. The molecular formula is C14H14O4. The zero-order valence-electron chi connectivity index (χ0n) is 10.5. The van der Waals surface area contributed by atoms with Crippen LogP contribution in [-0.4, -0.2) is 27.6 Å². The van der Waals surface area contributed by atoms with E-state index in [1.807, 2.05) is 6.07 Å². The lowest BCUT2D eigenvalue weighted by molar-refractivity contribution is 0.112. The second kappa shape index (κ2) is 4.96. The van der Waals surface area contributed by atoms with Crippen LogP contribution in [0.25, 0.3) is 10.8 Å². The molecule has 0 fully saturated rings. The van der Waals surface area contributed by atoms with Crippen LogP contribution < -0.4 is 14.2 Å². The Bertz CT molecular complexity index is 590. The summed E-state index contributed by atoms with van der Waals surface area (Å²) in [7, 11) is 4.73. The lowest BCUT2D eigenvalue weighted by atomic mass is 10.0. The average molecular weight is 246 g/mol. The van der Waals surface area contributed by atoms with Crippen LogP contribution in [-0.2, 0) is 0 Å². The van der Waals surface area contributed by atoms with Gasteiger partial charge in [-0.1, -0.05) is 0 Å². The maximum atomic E-state index is 10.9. The van der Waals surface area contributed by atoms with Crippen LogP contribution in [0.5, 0.6) is 17.2 Å². The third-order valence-electron chi connectivity index (χ3n) is 2.82. The fourth-order valence-corrected chi connectivity index (χ4v) is 1.99. The average Bonchev–Trinajstić information content (AvgIpc) is 2.44. The first kappa shape index (κ1) is 12.2. The molecule has 0 aliphatic rings. The Labute approximate surface area is 105 Å². The van der Waals surface area contributed by atoms with E-state index in [0.29, 0.717) is 22.8 Å². The molecule has 4 nitrogen and oxygen atoms in total. The number of carbonyl (C=O) groups is 1. The minimum Gasteiger partial charge on any atom is -0.496 e. The highest BCUT2D eigenvalue weighted by atomic mass is 16.5. The molecule has 18 heavy (non-hydrogen) atoms. The molecule has 0 N–H and O–H groups in total. The fraction of sp³-hybridized carbons (Fsp3) is 0.214. The van der Waals surface area contributed by atoms with Gasteiger partial charge in [0.15, 0.2) is 0 Å². The Morgan fingerprint density at radius 2 is 1.50 bits per heavy atom. The van der Waals surface area contributed by atoms with E-state index in [0.717, 1.165) is 17.1 Å². The number of fused-ring (bicyclic) bond motifs is 1. The highest BCUT2D eigenvalue weighted by Gasteiger charge is 2.13. The molecule has 0 atom stereocenters. The summed E-state index contributed by atoms with van der Waals surface area (Å²) in [5.41, 5.74) is 0.533. The number of methoxy groups -OCH3 is 3. The standard InChI is InChI=1S/C14H14O4/c1-16-11-4-5-12(17-2)14-10(11)6-9(8-15)7-13(14)18-3/h4-8H,1-3H3. The molecule has 0 bridgehead atoms. The smallest absolute Gasteiger partial charge is 0.150 e. The third-order valence-corrected chi connectivity index (χ3v) is 2.82. The Kier molecular flexibility index (Phi) is 3.37. The molecular weight excluding hydrogens is 232 g/mol. The molecule has 0 amide bonds. The van der Waals surface area contributed by atoms with Crippen LogP contribution in [0, 0.1) is 0 Å². The summed E-state index contributed by atoms with van der Waals surface area (Å²) >= 11 is 0. The summed E-state index contributed by atoms with van der Waals surface area (Å²) in [6.45, 7) is 0. The zero-order chi connectivity index (χ0) is 13.1. The summed E-state index contributed by atoms with van der Waals surface area (Å²) in [4.78, 5) is 10.9. The lowest BCUT2D eigenvalue weighted by Crippen LogP contribution is -1.94. The van der Waals surface area contributed by atoms with Crippen LogP contribution in [0.4, 0.5) is 0 Å². The molecule has 0 spiro atoms. The predicted octanol–water partition coefficient (Wildman–Crippen LogP) is 2.68. The number of carbonyl (C=O) groups excluding carboxylic acids is 1. The van der Waals surface area contributed by atoms with E-state index >= 15 is 0 Å². The van der Waals surface area contributed by atoms with Crippen molar-refractivity contribution in [2.45, 2.75) is 0 Å². The molecule has 0 radical (unpaired) electrons. The van der Waals surface area contributed by atoms with Gasteiger partial charge in [0.25, 0.3) is 0 Å². The number of rotatable bonds is 4. The van der Waals surface area contributed by atoms with Crippen molar-refractivity contribution in [2.24, 2.45) is 0 Å². The molecule has 2 aromatic carbocycles. The molecule has 0 heterocycles. The van der Waals surface area contributed by atoms with Crippen molar-refractivity contribution in [3.63, 3.8) is 0 Å². The van der Waals surface area contributed by atoms with E-state index in [2.05, 4.69) is 0 Å². The summed E-state index contributed by atoms with van der Waals surface area (Å²) < 4.78 is 15.9. The van der Waals surface area contributed by atoms with Crippen molar-refractivity contribution in [2.75, 3.05) is 21.3 Å². The van der Waals surface area contributed by atoms with Gasteiger partial charge in [0.05, 0.1) is 26.7 Å². The molecule has 94 valence electrons. The first-order chi connectivity index (χ1) is 8.74. The molecule has 4 heteroatoms. The summed E-state index contributed by atoms with van der Waals surface area (Å²) in [5.74, 6) is 1.94. The largest absolute Gasteiger partial charge is 0.496 e. The zero-order valence-corrected chi connectivity index (χ0v) is 10.5. The number of aldehydes is 1. The monoisotopic (exact) mass is 246 g/mol. The van der Waals surface area contributed by atoms with Gasteiger partial charge in [-0.25, -0.2) is 0 Å². The van der Waals surface area contributed by atoms with E-state index in [1.54, 1.807) is 39.5 Å². The van der Waals surface area contributed by atoms with Crippen molar-refractivity contribution in [1.82, 2.24) is 0 Å². The van der Waals surface area contributed by atoms with Gasteiger partial charge in [0.2, 0.25) is 0 Å². The molecule has 0 saturated carbocycles. The van der Waals surface area contributed by atoms with Crippen molar-refractivity contribution >= 4 is 17.1 Å². The topological polar surface area (TPSA) is 44.8 Å². The molecule has 0 unspecified atom stereocenters. The summed E-state index contributed by atoms with van der Waals surface area (Å²) in [6.07, 6.45) is 0.779. The van der Waals surface area contributed by atoms with Gasteiger partial charge >= 0.3 is 0 Å². The molecule has 0 aliphatic carbocycles. The fourth-order valence-electron chi connectivity index (χ4n) is 1.99. The maximum absolute atomic E-state index is 10.9. The van der Waals surface area contributed by atoms with E-state index in [1.165, 1.54) is 0 Å². The second-order valence-electron chi connectivity index (χ2n) is 3.73. The van der Waals surface area contributed by atoms with Gasteiger partial charge < -0.3 is 14.2 Å². The minimum atomic E-state index is 0.533. The van der Waals surface area contributed by atoms with E-state index in [9.17, 15) is 4.79 Å². The minimum absolute atomic E-state index is 0.533. The first-order valence-electron chi connectivity index (χ1n) is 5.43. The molecule has 2 rings (SSSR count). The van der Waals surface area contributed by atoms with Crippen LogP contribution in [0.2, 0.25) is 0 Å². The van der Waals surface area contributed by atoms with Gasteiger partial charge in [-0.2, -0.15) is 0 Å².